The fourth-order valence-electron chi connectivity index (χ4n) is 3.77. The van der Waals surface area contributed by atoms with Gasteiger partial charge < -0.3 is 14.8 Å². The molecule has 0 aromatic carbocycles. The summed E-state index contributed by atoms with van der Waals surface area (Å²) < 4.78 is 5.35. The van der Waals surface area contributed by atoms with Gasteiger partial charge in [0.15, 0.2) is 0 Å². The summed E-state index contributed by atoms with van der Waals surface area (Å²) in [6.45, 7) is 1.84. The molecule has 4 atom stereocenters. The number of rotatable bonds is 4. The Kier molecular flexibility index (Phi) is 3.57. The average Bonchev–Trinajstić information content (AvgIpc) is 3.11. The lowest BCUT2D eigenvalue weighted by atomic mass is 9.84. The fourth-order valence-corrected chi connectivity index (χ4v) is 3.77. The number of aryl methyl sites for hydroxylation is 1. The molecule has 1 aromatic rings. The molecule has 2 aliphatic carbocycles. The number of hydrogen-bond donors (Lipinski definition) is 2. The number of aliphatic carboxylic acids is 1. The first-order chi connectivity index (χ1) is 10.0. The van der Waals surface area contributed by atoms with E-state index in [1.165, 1.54) is 6.08 Å². The summed E-state index contributed by atoms with van der Waals surface area (Å²) in [4.78, 5) is 23.4. The topological polar surface area (TPSA) is 79.5 Å². The monoisotopic (exact) mass is 289 g/mol. The van der Waals surface area contributed by atoms with Crippen LogP contribution in [0.5, 0.6) is 0 Å². The lowest BCUT2D eigenvalue weighted by Gasteiger charge is -2.28. The smallest absolute Gasteiger partial charge is 0.308 e. The van der Waals surface area contributed by atoms with Crippen molar-refractivity contribution in [2.45, 2.75) is 32.2 Å². The second-order valence-corrected chi connectivity index (χ2v) is 6.01. The molecule has 0 radical (unpaired) electrons. The standard InChI is InChI=1S/C16H19NO4/c1-9-2-5-12(21-9)6-7-13(18)17-15-11-4-3-10(8-11)14(15)16(19)20/h2,5-7,10-11,14-15H,3-4,8H2,1H3,(H,17,18)(H,19,20)/b7-6-/t10-,11-,14-,15+/m0/s1. The van der Waals surface area contributed by atoms with E-state index in [1.807, 2.05) is 13.0 Å². The molecule has 112 valence electrons. The maximum atomic E-state index is 12.0. The van der Waals surface area contributed by atoms with E-state index in [1.54, 1.807) is 12.1 Å². The van der Waals surface area contributed by atoms with Gasteiger partial charge >= 0.3 is 5.97 Å². The molecular weight excluding hydrogens is 270 g/mol. The first-order valence-corrected chi connectivity index (χ1v) is 7.32. The Bertz CT molecular complexity index is 589. The van der Waals surface area contributed by atoms with Crippen LogP contribution in [0.2, 0.25) is 0 Å². The van der Waals surface area contributed by atoms with Crippen molar-refractivity contribution in [3.63, 3.8) is 0 Å². The molecular formula is C16H19NO4. The molecule has 2 saturated carbocycles. The van der Waals surface area contributed by atoms with E-state index in [0.717, 1.165) is 25.0 Å². The Morgan fingerprint density at radius 3 is 2.76 bits per heavy atom. The van der Waals surface area contributed by atoms with Gasteiger partial charge in [0.25, 0.3) is 0 Å². The van der Waals surface area contributed by atoms with Crippen LogP contribution in [0.4, 0.5) is 0 Å². The van der Waals surface area contributed by atoms with Gasteiger partial charge in [-0.1, -0.05) is 0 Å². The highest BCUT2D eigenvalue weighted by Crippen LogP contribution is 2.48. The first-order valence-electron chi connectivity index (χ1n) is 7.32. The Balaban J connectivity index is 1.64. The van der Waals surface area contributed by atoms with Gasteiger partial charge in [0.1, 0.15) is 11.5 Å². The number of carboxylic acids is 1. The minimum absolute atomic E-state index is 0.217. The predicted molar refractivity (Wildman–Crippen MR) is 76.4 cm³/mol. The molecule has 2 bridgehead atoms. The van der Waals surface area contributed by atoms with Crippen molar-refractivity contribution in [3.05, 3.63) is 29.7 Å². The van der Waals surface area contributed by atoms with Crippen LogP contribution in [0.25, 0.3) is 6.08 Å². The number of hydrogen-bond acceptors (Lipinski definition) is 3. The van der Waals surface area contributed by atoms with E-state index in [4.69, 9.17) is 4.42 Å². The van der Waals surface area contributed by atoms with Crippen LogP contribution in [-0.4, -0.2) is 23.0 Å². The molecule has 5 nitrogen and oxygen atoms in total. The van der Waals surface area contributed by atoms with Crippen LogP contribution >= 0.6 is 0 Å². The van der Waals surface area contributed by atoms with Crippen molar-refractivity contribution in [1.29, 1.82) is 0 Å². The molecule has 1 amide bonds. The molecule has 2 N–H and O–H groups in total. The number of carbonyl (C=O) groups excluding carboxylic acids is 1. The largest absolute Gasteiger partial charge is 0.481 e. The van der Waals surface area contributed by atoms with Crippen molar-refractivity contribution in [3.8, 4) is 0 Å². The van der Waals surface area contributed by atoms with Gasteiger partial charge in [-0.2, -0.15) is 0 Å². The van der Waals surface area contributed by atoms with Crippen molar-refractivity contribution in [1.82, 2.24) is 5.32 Å². The van der Waals surface area contributed by atoms with Crippen LogP contribution in [-0.2, 0) is 9.59 Å². The highest BCUT2D eigenvalue weighted by atomic mass is 16.4. The molecule has 0 spiro atoms. The van der Waals surface area contributed by atoms with Gasteiger partial charge in [0.2, 0.25) is 5.91 Å². The molecule has 21 heavy (non-hydrogen) atoms. The van der Waals surface area contributed by atoms with Crippen LogP contribution in [0.1, 0.15) is 30.8 Å². The van der Waals surface area contributed by atoms with Gasteiger partial charge in [-0.05, 0) is 56.2 Å². The molecule has 0 unspecified atom stereocenters. The molecule has 2 fully saturated rings. The summed E-state index contributed by atoms with van der Waals surface area (Å²) in [6.07, 6.45) is 5.91. The zero-order valence-corrected chi connectivity index (χ0v) is 11.9. The molecule has 1 aromatic heterocycles. The molecule has 5 heteroatoms. The normalized spacial score (nSPS) is 30.9. The molecule has 1 heterocycles. The zero-order chi connectivity index (χ0) is 15.0. The van der Waals surface area contributed by atoms with Crippen molar-refractivity contribution >= 4 is 18.0 Å². The number of nitrogens with one attached hydrogen (secondary N) is 1. The number of furan rings is 1. The zero-order valence-electron chi connectivity index (χ0n) is 11.9. The van der Waals surface area contributed by atoms with Gasteiger partial charge in [0, 0.05) is 12.1 Å². The summed E-state index contributed by atoms with van der Waals surface area (Å²) in [5.74, 6) is 0.436. The SMILES string of the molecule is Cc1ccc(/C=C\C(=O)N[C@@H]2[C@H]3CC[C@@H](C3)[C@@H]2C(=O)O)o1. The molecule has 2 aliphatic rings. The molecule has 3 rings (SSSR count). The van der Waals surface area contributed by atoms with Gasteiger partial charge in [0.05, 0.1) is 5.92 Å². The summed E-state index contributed by atoms with van der Waals surface area (Å²) >= 11 is 0. The second-order valence-electron chi connectivity index (χ2n) is 6.01. The quantitative estimate of drug-likeness (QED) is 0.833. The van der Waals surface area contributed by atoms with E-state index in [0.29, 0.717) is 11.7 Å². The maximum absolute atomic E-state index is 12.0. The lowest BCUT2D eigenvalue weighted by molar-refractivity contribution is -0.144. The second kappa shape index (κ2) is 5.39. The van der Waals surface area contributed by atoms with Gasteiger partial charge in [-0.25, -0.2) is 0 Å². The highest BCUT2D eigenvalue weighted by molar-refractivity contribution is 5.92. The van der Waals surface area contributed by atoms with Crippen LogP contribution in [0, 0.1) is 24.7 Å². The van der Waals surface area contributed by atoms with Crippen LogP contribution in [0.15, 0.2) is 22.6 Å². The van der Waals surface area contributed by atoms with E-state index >= 15 is 0 Å². The van der Waals surface area contributed by atoms with E-state index < -0.39 is 11.9 Å². The molecule has 0 aliphatic heterocycles. The van der Waals surface area contributed by atoms with Crippen molar-refractivity contribution in [2.75, 3.05) is 0 Å². The van der Waals surface area contributed by atoms with E-state index in [2.05, 4.69) is 5.32 Å². The Morgan fingerprint density at radius 1 is 1.33 bits per heavy atom. The summed E-state index contributed by atoms with van der Waals surface area (Å²) in [7, 11) is 0. The van der Waals surface area contributed by atoms with E-state index in [-0.39, 0.29) is 17.9 Å². The minimum Gasteiger partial charge on any atom is -0.481 e. The fraction of sp³-hybridized carbons (Fsp3) is 0.500. The third-order valence-corrected chi connectivity index (χ3v) is 4.67. The van der Waals surface area contributed by atoms with Crippen molar-refractivity contribution in [2.24, 2.45) is 17.8 Å². The maximum Gasteiger partial charge on any atom is 0.308 e. The Morgan fingerprint density at radius 2 is 2.10 bits per heavy atom. The first kappa shape index (κ1) is 13.9. The number of fused-ring (bicyclic) bond motifs is 2. The number of carbonyl (C=O) groups is 2. The van der Waals surface area contributed by atoms with Crippen molar-refractivity contribution < 1.29 is 19.1 Å². The highest BCUT2D eigenvalue weighted by Gasteiger charge is 2.51. The van der Waals surface area contributed by atoms with Crippen LogP contribution < -0.4 is 5.32 Å². The molecule has 0 saturated heterocycles. The van der Waals surface area contributed by atoms with E-state index in [9.17, 15) is 14.7 Å². The lowest BCUT2D eigenvalue weighted by Crippen LogP contribution is -2.46. The minimum atomic E-state index is -0.793. The average molecular weight is 289 g/mol. The van der Waals surface area contributed by atoms with Gasteiger partial charge in [-0.3, -0.25) is 9.59 Å². The number of amides is 1. The number of carboxylic acid groups (broad SMARTS) is 1. The predicted octanol–water partition coefficient (Wildman–Crippen LogP) is 2.22. The van der Waals surface area contributed by atoms with Crippen LogP contribution in [0.3, 0.4) is 0 Å². The summed E-state index contributed by atoms with van der Waals surface area (Å²) in [6, 6.07) is 3.38. The summed E-state index contributed by atoms with van der Waals surface area (Å²) in [5, 5.41) is 12.2. The summed E-state index contributed by atoms with van der Waals surface area (Å²) in [5.41, 5.74) is 0. The third-order valence-electron chi connectivity index (χ3n) is 4.67. The third kappa shape index (κ3) is 2.73. The Labute approximate surface area is 123 Å². The van der Waals surface area contributed by atoms with Gasteiger partial charge in [-0.15, -0.1) is 0 Å². The Hall–Kier alpha value is -2.04.